The van der Waals surface area contributed by atoms with Crippen LogP contribution in [0.1, 0.15) is 38.4 Å². The summed E-state index contributed by atoms with van der Waals surface area (Å²) in [6, 6.07) is 5.14. The topological polar surface area (TPSA) is 84.7 Å². The summed E-state index contributed by atoms with van der Waals surface area (Å²) < 4.78 is 28.0. The molecular weight excluding hydrogens is 387 g/mol. The Labute approximate surface area is 175 Å². The zero-order valence-corrected chi connectivity index (χ0v) is 18.3. The Bertz CT molecular complexity index is 1100. The molecule has 0 saturated heterocycles. The first-order chi connectivity index (χ1) is 14.6. The van der Waals surface area contributed by atoms with E-state index in [-0.39, 0.29) is 11.6 Å². The minimum atomic E-state index is -0.421. The van der Waals surface area contributed by atoms with Crippen LogP contribution in [0, 0.1) is 19.7 Å². The molecule has 0 unspecified atom stereocenters. The van der Waals surface area contributed by atoms with E-state index in [0.717, 1.165) is 36.1 Å². The summed E-state index contributed by atoms with van der Waals surface area (Å²) >= 11 is 0. The number of aliphatic hydroxyl groups is 1. The highest BCUT2D eigenvalue weighted by molar-refractivity contribution is 5.83. The Morgan fingerprint density at radius 1 is 1.17 bits per heavy atom. The van der Waals surface area contributed by atoms with Crippen molar-refractivity contribution in [1.82, 2.24) is 19.6 Å². The largest absolute Gasteiger partial charge is 0.492 e. The number of aromatic amines is 1. The second-order valence-corrected chi connectivity index (χ2v) is 6.22. The third-order valence-electron chi connectivity index (χ3n) is 4.25. The minimum Gasteiger partial charge on any atom is -0.492 e. The number of aromatic nitrogens is 4. The van der Waals surface area contributed by atoms with E-state index in [9.17, 15) is 4.39 Å². The highest BCUT2D eigenvalue weighted by atomic mass is 19.1. The lowest BCUT2D eigenvalue weighted by Crippen LogP contribution is -1.98. The van der Waals surface area contributed by atoms with Crippen LogP contribution in [0.15, 0.2) is 30.7 Å². The number of hydrogen-bond acceptors (Lipinski definition) is 5. The molecule has 0 saturated carbocycles. The first-order valence-electron chi connectivity index (χ1n) is 9.94. The van der Waals surface area contributed by atoms with Crippen molar-refractivity contribution in [3.05, 3.63) is 47.8 Å². The lowest BCUT2D eigenvalue weighted by molar-refractivity contribution is 0.315. The van der Waals surface area contributed by atoms with Crippen LogP contribution in [0.4, 0.5) is 4.39 Å². The van der Waals surface area contributed by atoms with Gasteiger partial charge in [-0.25, -0.2) is 8.91 Å². The highest BCUT2D eigenvalue weighted by Gasteiger charge is 2.18. The van der Waals surface area contributed by atoms with Gasteiger partial charge in [0, 0.05) is 29.3 Å². The normalized spacial score (nSPS) is 10.3. The Hall–Kier alpha value is -3.13. The zero-order chi connectivity index (χ0) is 22.3. The second kappa shape index (κ2) is 10.6. The standard InChI is InChI=1S/C19H19FN4O2.C2H6.CH4O/c1-4-7-25-16-9-24-18(12(16)3)19(21-10-22-24)26-15-6-5-14-13(17(15)20)8-11(2)23-14;2*1-2/h5-6,8-10,23H,4,7H2,1-3H3;1-2H3;2H,1H3. The summed E-state index contributed by atoms with van der Waals surface area (Å²) in [7, 11) is 1.00. The van der Waals surface area contributed by atoms with Crippen molar-refractivity contribution < 1.29 is 19.0 Å². The molecule has 30 heavy (non-hydrogen) atoms. The first-order valence-corrected chi connectivity index (χ1v) is 9.94. The summed E-state index contributed by atoms with van der Waals surface area (Å²) in [5.74, 6) is 0.702. The zero-order valence-electron chi connectivity index (χ0n) is 18.3. The number of aliphatic hydroxyl groups excluding tert-OH is 1. The lowest BCUT2D eigenvalue weighted by Gasteiger charge is -2.08. The van der Waals surface area contributed by atoms with Crippen molar-refractivity contribution in [3.8, 4) is 17.4 Å². The van der Waals surface area contributed by atoms with Crippen LogP contribution in [0.2, 0.25) is 0 Å². The number of aryl methyl sites for hydroxylation is 2. The lowest BCUT2D eigenvalue weighted by atomic mass is 10.2. The third-order valence-corrected chi connectivity index (χ3v) is 4.25. The van der Waals surface area contributed by atoms with Gasteiger partial charge in [-0.05, 0) is 38.5 Å². The summed E-state index contributed by atoms with van der Waals surface area (Å²) in [5, 5.41) is 11.7. The van der Waals surface area contributed by atoms with Crippen molar-refractivity contribution >= 4 is 16.4 Å². The molecule has 3 aromatic heterocycles. The van der Waals surface area contributed by atoms with E-state index in [1.165, 1.54) is 6.33 Å². The maximum Gasteiger partial charge on any atom is 0.247 e. The third kappa shape index (κ3) is 4.54. The van der Waals surface area contributed by atoms with Gasteiger partial charge in [0.15, 0.2) is 11.6 Å². The van der Waals surface area contributed by atoms with Crippen molar-refractivity contribution in [2.45, 2.75) is 41.0 Å². The Morgan fingerprint density at radius 2 is 1.90 bits per heavy atom. The van der Waals surface area contributed by atoms with Crippen LogP contribution in [-0.2, 0) is 0 Å². The predicted molar refractivity (Wildman–Crippen MR) is 116 cm³/mol. The molecule has 162 valence electrons. The van der Waals surface area contributed by atoms with Crippen LogP contribution < -0.4 is 9.47 Å². The van der Waals surface area contributed by atoms with Gasteiger partial charge in [-0.15, -0.1) is 0 Å². The molecule has 7 nitrogen and oxygen atoms in total. The van der Waals surface area contributed by atoms with Crippen molar-refractivity contribution in [2.75, 3.05) is 13.7 Å². The van der Waals surface area contributed by atoms with Gasteiger partial charge >= 0.3 is 0 Å². The highest BCUT2D eigenvalue weighted by Crippen LogP contribution is 2.34. The van der Waals surface area contributed by atoms with Gasteiger partial charge in [0.2, 0.25) is 5.88 Å². The maximum absolute atomic E-state index is 14.8. The molecule has 0 amide bonds. The van der Waals surface area contributed by atoms with E-state index in [1.54, 1.807) is 28.9 Å². The van der Waals surface area contributed by atoms with Crippen molar-refractivity contribution in [2.24, 2.45) is 0 Å². The van der Waals surface area contributed by atoms with Gasteiger partial charge in [-0.1, -0.05) is 20.8 Å². The average molecular weight is 416 g/mol. The van der Waals surface area contributed by atoms with E-state index in [1.807, 2.05) is 34.6 Å². The van der Waals surface area contributed by atoms with Crippen LogP contribution in [0.5, 0.6) is 17.4 Å². The molecule has 0 aliphatic carbocycles. The monoisotopic (exact) mass is 416 g/mol. The van der Waals surface area contributed by atoms with Gasteiger partial charge < -0.3 is 19.6 Å². The molecule has 0 radical (unpaired) electrons. The molecule has 1 aromatic carbocycles. The maximum atomic E-state index is 14.8. The van der Waals surface area contributed by atoms with Crippen molar-refractivity contribution in [1.29, 1.82) is 0 Å². The van der Waals surface area contributed by atoms with Crippen LogP contribution in [0.3, 0.4) is 0 Å². The predicted octanol–water partition coefficient (Wildman–Crippen LogP) is 5.18. The quantitative estimate of drug-likeness (QED) is 0.468. The van der Waals surface area contributed by atoms with E-state index in [2.05, 4.69) is 15.1 Å². The fourth-order valence-electron chi connectivity index (χ4n) is 3.01. The molecular formula is C22H29FN4O3. The van der Waals surface area contributed by atoms with Gasteiger partial charge in [0.05, 0.1) is 12.8 Å². The van der Waals surface area contributed by atoms with E-state index >= 15 is 0 Å². The Balaban J connectivity index is 0.000000757. The molecule has 8 heteroatoms. The minimum absolute atomic E-state index is 0.119. The van der Waals surface area contributed by atoms with Gasteiger partial charge in [-0.3, -0.25) is 0 Å². The van der Waals surface area contributed by atoms with E-state index in [4.69, 9.17) is 14.6 Å². The number of nitrogens with zero attached hydrogens (tertiary/aromatic N) is 3. The number of H-pyrrole nitrogens is 1. The molecule has 0 aliphatic rings. The van der Waals surface area contributed by atoms with Crippen LogP contribution in [-0.4, -0.2) is 38.4 Å². The molecule has 0 spiro atoms. The molecule has 0 fully saturated rings. The van der Waals surface area contributed by atoms with Gasteiger partial charge in [0.25, 0.3) is 0 Å². The number of benzene rings is 1. The Morgan fingerprint density at radius 3 is 2.60 bits per heavy atom. The molecule has 4 rings (SSSR count). The summed E-state index contributed by atoms with van der Waals surface area (Å²) in [4.78, 5) is 7.31. The Kier molecular flexibility index (Phi) is 8.17. The summed E-state index contributed by atoms with van der Waals surface area (Å²) in [6.45, 7) is 10.4. The number of fused-ring (bicyclic) bond motifs is 2. The summed E-state index contributed by atoms with van der Waals surface area (Å²) in [6.07, 6.45) is 4.06. The van der Waals surface area contributed by atoms with Crippen molar-refractivity contribution in [3.63, 3.8) is 0 Å². The number of ether oxygens (including phenoxy) is 2. The average Bonchev–Trinajstić information content (AvgIpc) is 3.32. The molecule has 2 N–H and O–H groups in total. The molecule has 0 bridgehead atoms. The molecule has 3 heterocycles. The number of halogens is 1. The van der Waals surface area contributed by atoms with Gasteiger partial charge in [0.1, 0.15) is 17.6 Å². The number of rotatable bonds is 5. The number of hydrogen-bond donors (Lipinski definition) is 2. The van der Waals surface area contributed by atoms with Gasteiger partial charge in [-0.2, -0.15) is 10.1 Å². The molecule has 0 atom stereocenters. The SMILES string of the molecule is CC.CCCOc1cn2ncnc(Oc3ccc4[nH]c(C)cc4c3F)c2c1C.CO. The summed E-state index contributed by atoms with van der Waals surface area (Å²) in [5.41, 5.74) is 3.13. The van der Waals surface area contributed by atoms with E-state index < -0.39 is 5.82 Å². The fourth-order valence-corrected chi connectivity index (χ4v) is 3.01. The number of nitrogens with one attached hydrogen (secondary N) is 1. The first kappa shape index (κ1) is 23.2. The molecule has 0 aliphatic heterocycles. The smallest absolute Gasteiger partial charge is 0.247 e. The molecule has 4 aromatic rings. The second-order valence-electron chi connectivity index (χ2n) is 6.22. The van der Waals surface area contributed by atoms with E-state index in [0.29, 0.717) is 17.5 Å². The van der Waals surface area contributed by atoms with Crippen LogP contribution >= 0.6 is 0 Å². The van der Waals surface area contributed by atoms with Crippen LogP contribution in [0.25, 0.3) is 16.4 Å². The fraction of sp³-hybridized carbons (Fsp3) is 0.364.